The molecule has 0 aliphatic carbocycles. The Morgan fingerprint density at radius 2 is 1.32 bits per heavy atom. The fourth-order valence-electron chi connectivity index (χ4n) is 2.36. The first kappa shape index (κ1) is 14.1. The Morgan fingerprint density at radius 3 is 1.82 bits per heavy atom. The molecular weight excluding hydrogens is 272 g/mol. The van der Waals surface area contributed by atoms with Crippen LogP contribution in [0.4, 0.5) is 11.6 Å². The van der Waals surface area contributed by atoms with Crippen LogP contribution in [0.3, 0.4) is 0 Å². The van der Waals surface area contributed by atoms with Crippen molar-refractivity contribution in [1.82, 2.24) is 9.97 Å². The topological polar surface area (TPSA) is 55.0 Å². The zero-order valence-electron chi connectivity index (χ0n) is 12.3. The molecule has 0 aliphatic rings. The Morgan fingerprint density at radius 1 is 0.773 bits per heavy atom. The van der Waals surface area contributed by atoms with Crippen LogP contribution in [-0.2, 0) is 13.1 Å². The minimum atomic E-state index is 0.483. The summed E-state index contributed by atoms with van der Waals surface area (Å²) in [5.41, 5.74) is 8.27. The largest absolute Gasteiger partial charge is 0.384 e. The Labute approximate surface area is 130 Å². The summed E-state index contributed by atoms with van der Waals surface area (Å²) in [6.45, 7) is 1.54. The molecular formula is C18H18N4. The predicted molar refractivity (Wildman–Crippen MR) is 89.2 cm³/mol. The highest BCUT2D eigenvalue weighted by Gasteiger charge is 2.10. The highest BCUT2D eigenvalue weighted by Crippen LogP contribution is 2.18. The third kappa shape index (κ3) is 3.61. The number of benzene rings is 2. The van der Waals surface area contributed by atoms with Gasteiger partial charge in [0.1, 0.15) is 18.0 Å². The maximum atomic E-state index is 5.81. The van der Waals surface area contributed by atoms with E-state index in [-0.39, 0.29) is 0 Å². The van der Waals surface area contributed by atoms with Crippen LogP contribution >= 0.6 is 0 Å². The number of nitrogens with zero attached hydrogens (tertiary/aromatic N) is 3. The van der Waals surface area contributed by atoms with E-state index < -0.39 is 0 Å². The average Bonchev–Trinajstić information content (AvgIpc) is 2.56. The Balaban J connectivity index is 1.88. The van der Waals surface area contributed by atoms with Crippen molar-refractivity contribution in [1.29, 1.82) is 0 Å². The zero-order chi connectivity index (χ0) is 15.2. The third-order valence-electron chi connectivity index (χ3n) is 3.43. The summed E-state index contributed by atoms with van der Waals surface area (Å²) in [5.74, 6) is 1.32. The molecule has 0 fully saturated rings. The molecule has 0 aliphatic heterocycles. The van der Waals surface area contributed by atoms with Gasteiger partial charge in [-0.15, -0.1) is 0 Å². The quantitative estimate of drug-likeness (QED) is 0.783. The molecule has 0 amide bonds. The van der Waals surface area contributed by atoms with Crippen molar-refractivity contribution in [3.05, 3.63) is 84.2 Å². The summed E-state index contributed by atoms with van der Waals surface area (Å²) in [6.07, 6.45) is 1.51. The van der Waals surface area contributed by atoms with Crippen molar-refractivity contribution in [2.24, 2.45) is 0 Å². The van der Waals surface area contributed by atoms with E-state index in [0.29, 0.717) is 5.82 Å². The lowest BCUT2D eigenvalue weighted by Crippen LogP contribution is -2.23. The highest BCUT2D eigenvalue weighted by molar-refractivity contribution is 5.47. The van der Waals surface area contributed by atoms with E-state index in [1.807, 2.05) is 42.5 Å². The van der Waals surface area contributed by atoms with Gasteiger partial charge in [0.2, 0.25) is 0 Å². The van der Waals surface area contributed by atoms with Crippen LogP contribution in [0.15, 0.2) is 73.1 Å². The second-order valence-electron chi connectivity index (χ2n) is 5.13. The molecule has 3 rings (SSSR count). The van der Waals surface area contributed by atoms with E-state index >= 15 is 0 Å². The summed E-state index contributed by atoms with van der Waals surface area (Å²) in [5, 5.41) is 0. The van der Waals surface area contributed by atoms with Gasteiger partial charge in [0, 0.05) is 19.2 Å². The molecule has 0 saturated carbocycles. The van der Waals surface area contributed by atoms with Gasteiger partial charge in [-0.25, -0.2) is 9.97 Å². The van der Waals surface area contributed by atoms with E-state index in [1.54, 1.807) is 0 Å². The van der Waals surface area contributed by atoms with Crippen LogP contribution in [0.1, 0.15) is 11.1 Å². The summed E-state index contributed by atoms with van der Waals surface area (Å²) in [7, 11) is 0. The van der Waals surface area contributed by atoms with E-state index in [4.69, 9.17) is 5.73 Å². The van der Waals surface area contributed by atoms with Crippen LogP contribution in [0, 0.1) is 0 Å². The first-order valence-corrected chi connectivity index (χ1v) is 7.21. The Kier molecular flexibility index (Phi) is 4.30. The average molecular weight is 290 g/mol. The summed E-state index contributed by atoms with van der Waals surface area (Å²) in [6, 6.07) is 22.5. The molecule has 0 bridgehead atoms. The van der Waals surface area contributed by atoms with Crippen LogP contribution in [0.5, 0.6) is 0 Å². The van der Waals surface area contributed by atoms with E-state index in [0.717, 1.165) is 18.9 Å². The molecule has 1 heterocycles. The van der Waals surface area contributed by atoms with Crippen molar-refractivity contribution in [3.8, 4) is 0 Å². The van der Waals surface area contributed by atoms with Gasteiger partial charge in [0.25, 0.3) is 0 Å². The predicted octanol–water partition coefficient (Wildman–Crippen LogP) is 3.27. The van der Waals surface area contributed by atoms with Crippen LogP contribution in [-0.4, -0.2) is 9.97 Å². The SMILES string of the molecule is Nc1cc(N(Cc2ccccc2)Cc2ccccc2)ncn1. The van der Waals surface area contributed by atoms with Gasteiger partial charge in [-0.3, -0.25) is 0 Å². The zero-order valence-corrected chi connectivity index (χ0v) is 12.3. The second kappa shape index (κ2) is 6.72. The van der Waals surface area contributed by atoms with Crippen molar-refractivity contribution >= 4 is 11.6 Å². The van der Waals surface area contributed by atoms with Gasteiger partial charge in [0.15, 0.2) is 0 Å². The summed E-state index contributed by atoms with van der Waals surface area (Å²) < 4.78 is 0. The first-order chi connectivity index (χ1) is 10.8. The van der Waals surface area contributed by atoms with Crippen molar-refractivity contribution in [2.45, 2.75) is 13.1 Å². The van der Waals surface area contributed by atoms with Crippen LogP contribution in [0.25, 0.3) is 0 Å². The molecule has 1 aromatic heterocycles. The fraction of sp³-hybridized carbons (Fsp3) is 0.111. The van der Waals surface area contributed by atoms with E-state index in [9.17, 15) is 0 Å². The third-order valence-corrected chi connectivity index (χ3v) is 3.43. The van der Waals surface area contributed by atoms with E-state index in [1.165, 1.54) is 17.5 Å². The molecule has 2 aromatic carbocycles. The molecule has 4 heteroatoms. The maximum absolute atomic E-state index is 5.81. The molecule has 0 radical (unpaired) electrons. The van der Waals surface area contributed by atoms with Crippen molar-refractivity contribution in [3.63, 3.8) is 0 Å². The lowest BCUT2D eigenvalue weighted by Gasteiger charge is -2.24. The molecule has 0 unspecified atom stereocenters. The fourth-order valence-corrected chi connectivity index (χ4v) is 2.36. The van der Waals surface area contributed by atoms with Crippen LogP contribution < -0.4 is 10.6 Å². The minimum Gasteiger partial charge on any atom is -0.384 e. The number of nitrogen functional groups attached to an aromatic ring is 1. The molecule has 2 N–H and O–H groups in total. The highest BCUT2D eigenvalue weighted by atomic mass is 15.2. The van der Waals surface area contributed by atoms with Crippen molar-refractivity contribution in [2.75, 3.05) is 10.6 Å². The smallest absolute Gasteiger partial charge is 0.134 e. The summed E-state index contributed by atoms with van der Waals surface area (Å²) in [4.78, 5) is 10.5. The molecule has 3 aromatic rings. The molecule has 22 heavy (non-hydrogen) atoms. The lowest BCUT2D eigenvalue weighted by molar-refractivity contribution is 0.781. The summed E-state index contributed by atoms with van der Waals surface area (Å²) >= 11 is 0. The van der Waals surface area contributed by atoms with Gasteiger partial charge in [-0.05, 0) is 11.1 Å². The lowest BCUT2D eigenvalue weighted by atomic mass is 10.1. The van der Waals surface area contributed by atoms with Gasteiger partial charge >= 0.3 is 0 Å². The number of nitrogens with two attached hydrogens (primary N) is 1. The number of rotatable bonds is 5. The molecule has 0 saturated heterocycles. The second-order valence-corrected chi connectivity index (χ2v) is 5.13. The van der Waals surface area contributed by atoms with Crippen LogP contribution in [0.2, 0.25) is 0 Å². The Hall–Kier alpha value is -2.88. The van der Waals surface area contributed by atoms with Crippen molar-refractivity contribution < 1.29 is 0 Å². The normalized spacial score (nSPS) is 10.4. The van der Waals surface area contributed by atoms with Gasteiger partial charge in [-0.2, -0.15) is 0 Å². The minimum absolute atomic E-state index is 0.483. The molecule has 0 atom stereocenters. The number of hydrogen-bond acceptors (Lipinski definition) is 4. The van der Waals surface area contributed by atoms with E-state index in [2.05, 4.69) is 39.1 Å². The van der Waals surface area contributed by atoms with Gasteiger partial charge in [0.05, 0.1) is 0 Å². The molecule has 0 spiro atoms. The first-order valence-electron chi connectivity index (χ1n) is 7.21. The monoisotopic (exact) mass is 290 g/mol. The number of hydrogen-bond donors (Lipinski definition) is 1. The van der Waals surface area contributed by atoms with Gasteiger partial charge in [-0.1, -0.05) is 60.7 Å². The maximum Gasteiger partial charge on any atom is 0.134 e. The van der Waals surface area contributed by atoms with Gasteiger partial charge < -0.3 is 10.6 Å². The Bertz CT molecular complexity index is 672. The number of anilines is 2. The number of aromatic nitrogens is 2. The molecule has 110 valence electrons. The molecule has 4 nitrogen and oxygen atoms in total. The standard InChI is InChI=1S/C18H18N4/c19-17-11-18(21-14-20-17)22(12-15-7-3-1-4-8-15)13-16-9-5-2-6-10-16/h1-11,14H,12-13H2,(H2,19,20,21).